The van der Waals surface area contributed by atoms with Crippen molar-refractivity contribution in [1.82, 2.24) is 5.32 Å². The molecule has 0 radical (unpaired) electrons. The number of carbonyl (C=O) groups excluding carboxylic acids is 3. The fourth-order valence-corrected chi connectivity index (χ4v) is 2.24. The summed E-state index contributed by atoms with van der Waals surface area (Å²) in [5.41, 5.74) is 2.19. The first-order valence-electron chi connectivity index (χ1n) is 8.31. The lowest BCUT2D eigenvalue weighted by Crippen LogP contribution is -2.32. The van der Waals surface area contributed by atoms with E-state index in [2.05, 4.69) is 10.6 Å². The minimum atomic E-state index is -0.768. The van der Waals surface area contributed by atoms with Crippen molar-refractivity contribution in [2.45, 2.75) is 13.8 Å². The van der Waals surface area contributed by atoms with Gasteiger partial charge in [0.05, 0.1) is 4.92 Å². The highest BCUT2D eigenvalue weighted by atomic mass is 16.6. The Morgan fingerprint density at radius 1 is 1.07 bits per heavy atom. The topological polar surface area (TPSA) is 128 Å². The fraction of sp³-hybridized carbons (Fsp3) is 0.211. The van der Waals surface area contributed by atoms with Crippen LogP contribution in [0.3, 0.4) is 0 Å². The van der Waals surface area contributed by atoms with Crippen molar-refractivity contribution in [3.8, 4) is 0 Å². The maximum Gasteiger partial charge on any atom is 0.325 e. The molecule has 2 rings (SSSR count). The molecule has 2 aromatic carbocycles. The van der Waals surface area contributed by atoms with Gasteiger partial charge in [-0.1, -0.05) is 17.7 Å². The number of ether oxygens (including phenoxy) is 1. The molecule has 2 N–H and O–H groups in total. The van der Waals surface area contributed by atoms with Gasteiger partial charge in [0, 0.05) is 23.4 Å². The highest BCUT2D eigenvalue weighted by Gasteiger charge is 2.13. The normalized spacial score (nSPS) is 10.1. The molecule has 0 unspecified atom stereocenters. The van der Waals surface area contributed by atoms with E-state index in [1.165, 1.54) is 18.2 Å². The Morgan fingerprint density at radius 3 is 2.36 bits per heavy atom. The second-order valence-corrected chi connectivity index (χ2v) is 6.01. The molecule has 0 aliphatic carbocycles. The minimum Gasteiger partial charge on any atom is -0.454 e. The van der Waals surface area contributed by atoms with Crippen LogP contribution < -0.4 is 10.6 Å². The predicted octanol–water partition coefficient (Wildman–Crippen LogP) is 2.12. The molecular formula is C19H19N3O6. The van der Waals surface area contributed by atoms with Crippen LogP contribution in [0.5, 0.6) is 0 Å². The maximum atomic E-state index is 11.9. The van der Waals surface area contributed by atoms with Gasteiger partial charge in [0.15, 0.2) is 6.61 Å². The number of nitro benzene ring substituents is 1. The summed E-state index contributed by atoms with van der Waals surface area (Å²) in [6.07, 6.45) is 0. The number of nitrogens with one attached hydrogen (secondary N) is 2. The average molecular weight is 385 g/mol. The third-order valence-electron chi connectivity index (χ3n) is 3.77. The van der Waals surface area contributed by atoms with Crippen LogP contribution in [-0.2, 0) is 14.3 Å². The lowest BCUT2D eigenvalue weighted by molar-refractivity contribution is -0.384. The van der Waals surface area contributed by atoms with Gasteiger partial charge < -0.3 is 15.4 Å². The molecule has 0 aromatic heterocycles. The summed E-state index contributed by atoms with van der Waals surface area (Å²) in [4.78, 5) is 45.6. The monoisotopic (exact) mass is 385 g/mol. The number of esters is 1. The van der Waals surface area contributed by atoms with Crippen LogP contribution in [0.2, 0.25) is 0 Å². The summed E-state index contributed by atoms with van der Waals surface area (Å²) in [6, 6.07) is 10.8. The van der Waals surface area contributed by atoms with E-state index in [1.54, 1.807) is 31.2 Å². The fourth-order valence-electron chi connectivity index (χ4n) is 2.24. The van der Waals surface area contributed by atoms with Crippen molar-refractivity contribution < 1.29 is 24.0 Å². The zero-order valence-electron chi connectivity index (χ0n) is 15.4. The SMILES string of the molecule is Cc1ccc(C(=O)NCC(=O)OCC(=O)Nc2ccc([N+](=O)[O-])cc2C)cc1. The van der Waals surface area contributed by atoms with Crippen molar-refractivity contribution >= 4 is 29.2 Å². The second kappa shape index (κ2) is 9.26. The number of hydrogen-bond donors (Lipinski definition) is 2. The highest BCUT2D eigenvalue weighted by molar-refractivity contribution is 5.96. The standard InChI is InChI=1S/C19H19N3O6/c1-12-3-5-14(6-4-12)19(25)20-10-18(24)28-11-17(23)21-16-8-7-15(22(26)27)9-13(16)2/h3-9H,10-11H2,1-2H3,(H,20,25)(H,21,23). The molecule has 0 atom stereocenters. The van der Waals surface area contributed by atoms with Gasteiger partial charge in [-0.05, 0) is 37.6 Å². The zero-order valence-corrected chi connectivity index (χ0v) is 15.4. The number of benzene rings is 2. The van der Waals surface area contributed by atoms with Crippen molar-refractivity contribution in [1.29, 1.82) is 0 Å². The molecular weight excluding hydrogens is 366 g/mol. The Bertz CT molecular complexity index is 908. The summed E-state index contributed by atoms with van der Waals surface area (Å²) < 4.78 is 4.81. The number of carbonyl (C=O) groups is 3. The van der Waals surface area contributed by atoms with Crippen molar-refractivity contribution in [2.75, 3.05) is 18.5 Å². The Labute approximate surface area is 160 Å². The minimum absolute atomic E-state index is 0.0914. The number of hydrogen-bond acceptors (Lipinski definition) is 6. The molecule has 0 aliphatic heterocycles. The summed E-state index contributed by atoms with van der Waals surface area (Å²) in [5.74, 6) is -1.80. The van der Waals surface area contributed by atoms with Gasteiger partial charge in [-0.3, -0.25) is 24.5 Å². The van der Waals surface area contributed by atoms with E-state index >= 15 is 0 Å². The summed E-state index contributed by atoms with van der Waals surface area (Å²) in [6.45, 7) is 2.57. The zero-order chi connectivity index (χ0) is 20.7. The number of nitro groups is 1. The van der Waals surface area contributed by atoms with Crippen molar-refractivity contribution in [3.63, 3.8) is 0 Å². The van der Waals surface area contributed by atoms with Gasteiger partial charge in [-0.2, -0.15) is 0 Å². The van der Waals surface area contributed by atoms with Gasteiger partial charge >= 0.3 is 5.97 Å². The van der Waals surface area contributed by atoms with E-state index in [4.69, 9.17) is 4.74 Å². The largest absolute Gasteiger partial charge is 0.454 e. The van der Waals surface area contributed by atoms with Crippen LogP contribution in [0.1, 0.15) is 21.5 Å². The van der Waals surface area contributed by atoms with E-state index in [1.807, 2.05) is 6.92 Å². The molecule has 2 aromatic rings. The first-order valence-corrected chi connectivity index (χ1v) is 8.31. The molecule has 0 saturated heterocycles. The van der Waals surface area contributed by atoms with E-state index in [0.29, 0.717) is 16.8 Å². The first kappa shape index (κ1) is 20.6. The van der Waals surface area contributed by atoms with Crippen LogP contribution in [0.25, 0.3) is 0 Å². The van der Waals surface area contributed by atoms with Crippen LogP contribution in [0.15, 0.2) is 42.5 Å². The third kappa shape index (κ3) is 5.90. The Balaban J connectivity index is 1.77. The van der Waals surface area contributed by atoms with E-state index < -0.39 is 29.3 Å². The Morgan fingerprint density at radius 2 is 1.75 bits per heavy atom. The number of aryl methyl sites for hydroxylation is 2. The van der Waals surface area contributed by atoms with E-state index in [0.717, 1.165) is 5.56 Å². The predicted molar refractivity (Wildman–Crippen MR) is 101 cm³/mol. The second-order valence-electron chi connectivity index (χ2n) is 6.01. The third-order valence-corrected chi connectivity index (χ3v) is 3.77. The first-order chi connectivity index (χ1) is 13.3. The molecule has 0 bridgehead atoms. The number of non-ortho nitro benzene ring substituents is 1. The average Bonchev–Trinajstić information content (AvgIpc) is 2.66. The molecule has 0 fully saturated rings. The van der Waals surface area contributed by atoms with Crippen LogP contribution in [-0.4, -0.2) is 35.9 Å². The Hall–Kier alpha value is -3.75. The number of rotatable bonds is 7. The van der Waals surface area contributed by atoms with E-state index in [-0.39, 0.29) is 12.2 Å². The van der Waals surface area contributed by atoms with Crippen molar-refractivity contribution in [2.24, 2.45) is 0 Å². The van der Waals surface area contributed by atoms with E-state index in [9.17, 15) is 24.5 Å². The smallest absolute Gasteiger partial charge is 0.325 e. The molecule has 0 saturated carbocycles. The highest BCUT2D eigenvalue weighted by Crippen LogP contribution is 2.21. The maximum absolute atomic E-state index is 11.9. The molecule has 28 heavy (non-hydrogen) atoms. The van der Waals surface area contributed by atoms with Crippen LogP contribution in [0, 0.1) is 24.0 Å². The van der Waals surface area contributed by atoms with Gasteiger partial charge in [-0.25, -0.2) is 0 Å². The summed E-state index contributed by atoms with van der Waals surface area (Å²) in [7, 11) is 0. The lowest BCUT2D eigenvalue weighted by Gasteiger charge is -2.09. The van der Waals surface area contributed by atoms with Gasteiger partial charge in [0.25, 0.3) is 17.5 Å². The molecule has 0 spiro atoms. The van der Waals surface area contributed by atoms with Gasteiger partial charge in [-0.15, -0.1) is 0 Å². The van der Waals surface area contributed by atoms with Gasteiger partial charge in [0.2, 0.25) is 0 Å². The van der Waals surface area contributed by atoms with Crippen LogP contribution in [0.4, 0.5) is 11.4 Å². The molecule has 146 valence electrons. The number of amides is 2. The number of anilines is 1. The van der Waals surface area contributed by atoms with Crippen LogP contribution >= 0.6 is 0 Å². The lowest BCUT2D eigenvalue weighted by atomic mass is 10.1. The van der Waals surface area contributed by atoms with Crippen molar-refractivity contribution in [3.05, 3.63) is 69.3 Å². The summed E-state index contributed by atoms with van der Waals surface area (Å²) in [5, 5.41) is 15.6. The van der Waals surface area contributed by atoms with Gasteiger partial charge in [0.1, 0.15) is 6.54 Å². The molecule has 9 heteroatoms. The number of nitrogens with zero attached hydrogens (tertiary/aromatic N) is 1. The Kier molecular flexibility index (Phi) is 6.80. The molecule has 9 nitrogen and oxygen atoms in total. The quantitative estimate of drug-likeness (QED) is 0.427. The molecule has 0 heterocycles. The molecule has 0 aliphatic rings. The summed E-state index contributed by atoms with van der Waals surface area (Å²) >= 11 is 0. The molecule has 2 amide bonds.